The molecule has 1 N–H and O–H groups in total. The summed E-state index contributed by atoms with van der Waals surface area (Å²) in [5.74, 6) is 0. The predicted molar refractivity (Wildman–Crippen MR) is 90.7 cm³/mol. The molecule has 0 spiro atoms. The van der Waals surface area contributed by atoms with Crippen molar-refractivity contribution in [1.29, 1.82) is 0 Å². The Morgan fingerprint density at radius 1 is 1.15 bits per heavy atom. The molecule has 116 valence electrons. The second-order valence-electron chi connectivity index (χ2n) is 6.42. The Kier molecular flexibility index (Phi) is 7.52. The molecule has 3 nitrogen and oxygen atoms in total. The van der Waals surface area contributed by atoms with Crippen molar-refractivity contribution < 1.29 is 0 Å². The number of rotatable bonds is 9. The van der Waals surface area contributed by atoms with Crippen molar-refractivity contribution in [3.63, 3.8) is 0 Å². The summed E-state index contributed by atoms with van der Waals surface area (Å²) in [4.78, 5) is 7.26. The first-order chi connectivity index (χ1) is 9.46. The van der Waals surface area contributed by atoms with Crippen LogP contribution in [0.5, 0.6) is 0 Å². The molecule has 1 heterocycles. The summed E-state index contributed by atoms with van der Waals surface area (Å²) in [6.45, 7) is 14.2. The van der Waals surface area contributed by atoms with E-state index in [0.29, 0.717) is 0 Å². The van der Waals surface area contributed by atoms with Crippen LogP contribution in [-0.4, -0.2) is 23.6 Å². The summed E-state index contributed by atoms with van der Waals surface area (Å²) in [5, 5.41) is 6.89. The fourth-order valence-electron chi connectivity index (χ4n) is 1.88. The van der Waals surface area contributed by atoms with Crippen molar-refractivity contribution in [2.24, 2.45) is 0 Å². The molecule has 0 aliphatic carbocycles. The van der Waals surface area contributed by atoms with Crippen LogP contribution in [0.4, 0.5) is 5.13 Å². The minimum Gasteiger partial charge on any atom is -0.348 e. The number of thiazole rings is 1. The van der Waals surface area contributed by atoms with E-state index in [9.17, 15) is 0 Å². The van der Waals surface area contributed by atoms with Gasteiger partial charge in [-0.25, -0.2) is 4.98 Å². The second-order valence-corrected chi connectivity index (χ2v) is 7.26. The molecule has 0 aliphatic heterocycles. The molecule has 0 aliphatic rings. The maximum atomic E-state index is 4.80. The van der Waals surface area contributed by atoms with Crippen molar-refractivity contribution in [2.45, 2.75) is 72.4 Å². The Morgan fingerprint density at radius 3 is 2.25 bits per heavy atom. The van der Waals surface area contributed by atoms with Crippen molar-refractivity contribution >= 4 is 16.5 Å². The van der Waals surface area contributed by atoms with Gasteiger partial charge >= 0.3 is 0 Å². The van der Waals surface area contributed by atoms with E-state index in [2.05, 4.69) is 50.2 Å². The Balaban J connectivity index is 2.59. The lowest BCUT2D eigenvalue weighted by atomic mass is 10.1. The zero-order valence-corrected chi connectivity index (χ0v) is 14.6. The smallest absolute Gasteiger partial charge is 0.185 e. The molecule has 0 bridgehead atoms. The Morgan fingerprint density at radius 2 is 1.75 bits per heavy atom. The molecule has 0 fully saturated rings. The van der Waals surface area contributed by atoms with Gasteiger partial charge < -0.3 is 10.2 Å². The Labute approximate surface area is 128 Å². The summed E-state index contributed by atoms with van der Waals surface area (Å²) < 4.78 is 0. The van der Waals surface area contributed by atoms with E-state index in [0.717, 1.165) is 25.3 Å². The molecule has 0 saturated carbocycles. The average molecular weight is 298 g/mol. The lowest BCUT2D eigenvalue weighted by Crippen LogP contribution is -2.35. The van der Waals surface area contributed by atoms with Crippen molar-refractivity contribution in [3.8, 4) is 0 Å². The first-order valence-corrected chi connectivity index (χ1v) is 8.78. The maximum absolute atomic E-state index is 4.80. The molecular formula is C16H31N3S. The molecule has 1 aromatic rings. The van der Waals surface area contributed by atoms with Gasteiger partial charge in [0.2, 0.25) is 0 Å². The summed E-state index contributed by atoms with van der Waals surface area (Å²) in [7, 11) is 0. The van der Waals surface area contributed by atoms with Gasteiger partial charge in [0.1, 0.15) is 0 Å². The van der Waals surface area contributed by atoms with Gasteiger partial charge in [0.25, 0.3) is 0 Å². The van der Waals surface area contributed by atoms with Crippen LogP contribution in [0.25, 0.3) is 0 Å². The van der Waals surface area contributed by atoms with Gasteiger partial charge in [-0.15, -0.1) is 11.3 Å². The quantitative estimate of drug-likeness (QED) is 0.730. The van der Waals surface area contributed by atoms with Gasteiger partial charge in [0.15, 0.2) is 5.13 Å². The number of nitrogens with one attached hydrogen (secondary N) is 1. The predicted octanol–water partition coefficient (Wildman–Crippen LogP) is 4.44. The van der Waals surface area contributed by atoms with Gasteiger partial charge in [-0.3, -0.25) is 0 Å². The second kappa shape index (κ2) is 8.63. The minimum absolute atomic E-state index is 0.147. The molecule has 0 saturated heterocycles. The number of unbranched alkanes of at least 4 members (excludes halogenated alkanes) is 2. The normalized spacial score (nSPS) is 11.8. The lowest BCUT2D eigenvalue weighted by Gasteiger charge is -2.21. The van der Waals surface area contributed by atoms with Gasteiger partial charge in [0, 0.05) is 30.6 Å². The molecule has 0 aromatic carbocycles. The van der Waals surface area contributed by atoms with Crippen LogP contribution in [0.2, 0.25) is 0 Å². The van der Waals surface area contributed by atoms with Crippen LogP contribution in [0.15, 0.2) is 5.38 Å². The molecule has 1 rings (SSSR count). The maximum Gasteiger partial charge on any atom is 0.185 e. The number of aromatic nitrogens is 1. The number of hydrogen-bond donors (Lipinski definition) is 1. The van der Waals surface area contributed by atoms with Crippen molar-refractivity contribution in [2.75, 3.05) is 18.0 Å². The number of nitrogens with zero attached hydrogens (tertiary/aromatic N) is 2. The van der Waals surface area contributed by atoms with Crippen LogP contribution in [-0.2, 0) is 6.54 Å². The van der Waals surface area contributed by atoms with E-state index < -0.39 is 0 Å². The standard InChI is InChI=1S/C16H31N3S/c1-6-8-10-19(11-9-7-2)15-18-14(13-20-15)12-17-16(3,4)5/h13,17H,6-12H2,1-5H3. The van der Waals surface area contributed by atoms with E-state index in [1.807, 2.05) is 0 Å². The van der Waals surface area contributed by atoms with Crippen LogP contribution >= 0.6 is 11.3 Å². The van der Waals surface area contributed by atoms with Crippen LogP contribution in [0.3, 0.4) is 0 Å². The Bertz CT molecular complexity index is 360. The first kappa shape index (κ1) is 17.4. The van der Waals surface area contributed by atoms with Crippen LogP contribution < -0.4 is 10.2 Å². The van der Waals surface area contributed by atoms with E-state index in [1.54, 1.807) is 11.3 Å². The van der Waals surface area contributed by atoms with Crippen molar-refractivity contribution in [1.82, 2.24) is 10.3 Å². The van der Waals surface area contributed by atoms with Crippen LogP contribution in [0.1, 0.15) is 66.0 Å². The molecule has 0 radical (unpaired) electrons. The highest BCUT2D eigenvalue weighted by atomic mass is 32.1. The lowest BCUT2D eigenvalue weighted by molar-refractivity contribution is 0.422. The van der Waals surface area contributed by atoms with Crippen molar-refractivity contribution in [3.05, 3.63) is 11.1 Å². The van der Waals surface area contributed by atoms with E-state index >= 15 is 0 Å². The van der Waals surface area contributed by atoms with Gasteiger partial charge in [0.05, 0.1) is 5.69 Å². The molecule has 1 aromatic heterocycles. The summed E-state index contributed by atoms with van der Waals surface area (Å²) in [6, 6.07) is 0. The average Bonchev–Trinajstić information content (AvgIpc) is 2.84. The zero-order chi connectivity index (χ0) is 15.0. The molecule has 0 unspecified atom stereocenters. The summed E-state index contributed by atoms with van der Waals surface area (Å²) >= 11 is 1.78. The minimum atomic E-state index is 0.147. The number of anilines is 1. The SMILES string of the molecule is CCCCN(CCCC)c1nc(CNC(C)(C)C)cs1. The highest BCUT2D eigenvalue weighted by Crippen LogP contribution is 2.22. The molecule has 0 atom stereocenters. The highest BCUT2D eigenvalue weighted by molar-refractivity contribution is 7.13. The third kappa shape index (κ3) is 6.71. The molecular weight excluding hydrogens is 266 g/mol. The Hall–Kier alpha value is -0.610. The highest BCUT2D eigenvalue weighted by Gasteiger charge is 2.13. The topological polar surface area (TPSA) is 28.2 Å². The first-order valence-electron chi connectivity index (χ1n) is 7.90. The van der Waals surface area contributed by atoms with Gasteiger partial charge in [-0.2, -0.15) is 0 Å². The molecule has 4 heteroatoms. The zero-order valence-electron chi connectivity index (χ0n) is 13.8. The summed E-state index contributed by atoms with van der Waals surface area (Å²) in [6.07, 6.45) is 4.98. The van der Waals surface area contributed by atoms with E-state index in [1.165, 1.54) is 30.8 Å². The molecule has 20 heavy (non-hydrogen) atoms. The van der Waals surface area contributed by atoms with E-state index in [-0.39, 0.29) is 5.54 Å². The van der Waals surface area contributed by atoms with Gasteiger partial charge in [-0.1, -0.05) is 26.7 Å². The van der Waals surface area contributed by atoms with Crippen LogP contribution in [0, 0.1) is 0 Å². The fraction of sp³-hybridized carbons (Fsp3) is 0.812. The fourth-order valence-corrected chi connectivity index (χ4v) is 2.76. The largest absolute Gasteiger partial charge is 0.348 e. The van der Waals surface area contributed by atoms with Gasteiger partial charge in [-0.05, 0) is 33.6 Å². The third-order valence-electron chi connectivity index (χ3n) is 3.17. The number of hydrogen-bond acceptors (Lipinski definition) is 4. The monoisotopic (exact) mass is 297 g/mol. The van der Waals surface area contributed by atoms with E-state index in [4.69, 9.17) is 4.98 Å². The third-order valence-corrected chi connectivity index (χ3v) is 4.12. The summed E-state index contributed by atoms with van der Waals surface area (Å²) in [5.41, 5.74) is 1.31. The molecule has 0 amide bonds.